The van der Waals surface area contributed by atoms with Crippen LogP contribution in [0.25, 0.3) is 0 Å². The third-order valence-electron chi connectivity index (χ3n) is 1.59. The molecule has 1 N–H and O–H groups in total. The number of rotatable bonds is 2. The first kappa shape index (κ1) is 9.38. The largest absolute Gasteiger partial charge is 0.411 e. The third kappa shape index (κ3) is 2.11. The molecule has 0 unspecified atom stereocenters. The Labute approximate surface area is 74.5 Å². The van der Waals surface area contributed by atoms with Crippen LogP contribution in [0.2, 0.25) is 0 Å². The monoisotopic (exact) mass is 181 g/mol. The molecule has 0 bridgehead atoms. The average Bonchev–Trinajstić information content (AvgIpc) is 2.17. The van der Waals surface area contributed by atoms with Crippen LogP contribution >= 0.6 is 0 Å². The van der Waals surface area contributed by atoms with Crippen molar-refractivity contribution in [2.45, 2.75) is 6.92 Å². The van der Waals surface area contributed by atoms with Gasteiger partial charge in [0.05, 0.1) is 0 Å². The molecule has 0 aliphatic carbocycles. The predicted molar refractivity (Wildman–Crippen MR) is 45.6 cm³/mol. The predicted octanol–water partition coefficient (Wildman–Crippen LogP) is 1.86. The van der Waals surface area contributed by atoms with E-state index in [1.165, 1.54) is 31.2 Å². The lowest BCUT2D eigenvalue weighted by Gasteiger charge is -1.97. The van der Waals surface area contributed by atoms with Crippen molar-refractivity contribution in [1.29, 1.82) is 0 Å². The maximum atomic E-state index is 12.4. The van der Waals surface area contributed by atoms with Gasteiger partial charge in [-0.15, -0.1) is 0 Å². The van der Waals surface area contributed by atoms with Gasteiger partial charge in [-0.2, -0.15) is 0 Å². The highest BCUT2D eigenvalue weighted by molar-refractivity contribution is 6.45. The van der Waals surface area contributed by atoms with Crippen molar-refractivity contribution >= 4 is 11.5 Å². The molecule has 0 amide bonds. The Morgan fingerprint density at radius 1 is 1.38 bits per heavy atom. The Morgan fingerprint density at radius 2 is 1.92 bits per heavy atom. The van der Waals surface area contributed by atoms with Crippen molar-refractivity contribution in [2.75, 3.05) is 0 Å². The summed E-state index contributed by atoms with van der Waals surface area (Å²) < 4.78 is 12.4. The molecule has 68 valence electrons. The SMILES string of the molecule is CC(=NO)C(=O)c1ccc(F)cc1. The Morgan fingerprint density at radius 3 is 2.38 bits per heavy atom. The molecule has 1 rings (SSSR count). The Bertz CT molecular complexity index is 343. The number of benzene rings is 1. The summed E-state index contributed by atoms with van der Waals surface area (Å²) in [7, 11) is 0. The summed E-state index contributed by atoms with van der Waals surface area (Å²) >= 11 is 0. The second-order valence-electron chi connectivity index (χ2n) is 2.52. The number of hydrogen-bond acceptors (Lipinski definition) is 3. The van der Waals surface area contributed by atoms with E-state index in [1.807, 2.05) is 0 Å². The third-order valence-corrected chi connectivity index (χ3v) is 1.59. The minimum atomic E-state index is -0.414. The fourth-order valence-electron chi connectivity index (χ4n) is 0.856. The smallest absolute Gasteiger partial charge is 0.210 e. The molecule has 0 spiro atoms. The number of carbonyl (C=O) groups excluding carboxylic acids is 1. The second kappa shape index (κ2) is 3.80. The number of Topliss-reactive ketones (excluding diaryl/α,β-unsaturated/α-hetero) is 1. The molecule has 1 aromatic carbocycles. The van der Waals surface area contributed by atoms with Crippen molar-refractivity contribution in [3.8, 4) is 0 Å². The summed E-state index contributed by atoms with van der Waals surface area (Å²) in [6.07, 6.45) is 0. The van der Waals surface area contributed by atoms with Crippen LogP contribution in [0.3, 0.4) is 0 Å². The number of hydrogen-bond donors (Lipinski definition) is 1. The second-order valence-corrected chi connectivity index (χ2v) is 2.52. The molecule has 4 heteroatoms. The summed E-state index contributed by atoms with van der Waals surface area (Å²) in [6.45, 7) is 1.38. The molecule has 0 heterocycles. The van der Waals surface area contributed by atoms with Crippen LogP contribution in [0, 0.1) is 5.82 Å². The van der Waals surface area contributed by atoms with Gasteiger partial charge in [-0.25, -0.2) is 4.39 Å². The van der Waals surface area contributed by atoms with E-state index in [0.717, 1.165) is 0 Å². The first-order valence-electron chi connectivity index (χ1n) is 3.64. The normalized spacial score (nSPS) is 11.4. The zero-order valence-corrected chi connectivity index (χ0v) is 6.99. The van der Waals surface area contributed by atoms with Gasteiger partial charge in [0.15, 0.2) is 0 Å². The quantitative estimate of drug-likeness (QED) is 0.327. The van der Waals surface area contributed by atoms with Gasteiger partial charge in [0.2, 0.25) is 5.78 Å². The van der Waals surface area contributed by atoms with Crippen LogP contribution in [0.4, 0.5) is 4.39 Å². The molecule has 0 aromatic heterocycles. The number of carbonyl (C=O) groups is 1. The highest BCUT2D eigenvalue weighted by Crippen LogP contribution is 2.04. The summed E-state index contributed by atoms with van der Waals surface area (Å²) in [5, 5.41) is 11.1. The van der Waals surface area contributed by atoms with E-state index in [-0.39, 0.29) is 5.71 Å². The van der Waals surface area contributed by atoms with Crippen LogP contribution in [-0.4, -0.2) is 16.7 Å². The minimum Gasteiger partial charge on any atom is -0.411 e. The molecular weight excluding hydrogens is 173 g/mol. The van der Waals surface area contributed by atoms with Gasteiger partial charge in [-0.1, -0.05) is 5.16 Å². The topological polar surface area (TPSA) is 49.7 Å². The molecule has 0 saturated heterocycles. The number of nitrogens with zero attached hydrogens (tertiary/aromatic N) is 1. The standard InChI is InChI=1S/C9H8FNO2/c1-6(11-13)9(12)7-2-4-8(10)5-3-7/h2-5,13H,1H3. The van der Waals surface area contributed by atoms with Crippen molar-refractivity contribution < 1.29 is 14.4 Å². The molecule has 0 fully saturated rings. The Kier molecular flexibility index (Phi) is 2.74. The Hall–Kier alpha value is -1.71. The molecule has 0 aliphatic rings. The van der Waals surface area contributed by atoms with E-state index in [4.69, 9.17) is 5.21 Å². The van der Waals surface area contributed by atoms with Crippen LogP contribution in [0.5, 0.6) is 0 Å². The highest BCUT2D eigenvalue weighted by atomic mass is 19.1. The highest BCUT2D eigenvalue weighted by Gasteiger charge is 2.09. The maximum Gasteiger partial charge on any atom is 0.210 e. The summed E-state index contributed by atoms with van der Waals surface area (Å²) in [6, 6.07) is 5.04. The van der Waals surface area contributed by atoms with E-state index in [2.05, 4.69) is 5.16 Å². The number of ketones is 1. The first-order valence-corrected chi connectivity index (χ1v) is 3.64. The zero-order chi connectivity index (χ0) is 9.84. The van der Waals surface area contributed by atoms with Gasteiger partial charge in [-0.3, -0.25) is 4.79 Å². The zero-order valence-electron chi connectivity index (χ0n) is 6.99. The van der Waals surface area contributed by atoms with Gasteiger partial charge < -0.3 is 5.21 Å². The first-order chi connectivity index (χ1) is 6.15. The van der Waals surface area contributed by atoms with Crippen LogP contribution in [0.1, 0.15) is 17.3 Å². The summed E-state index contributed by atoms with van der Waals surface area (Å²) in [4.78, 5) is 11.3. The fraction of sp³-hybridized carbons (Fsp3) is 0.111. The van der Waals surface area contributed by atoms with E-state index < -0.39 is 11.6 Å². The lowest BCUT2D eigenvalue weighted by molar-refractivity contribution is 0.106. The number of oxime groups is 1. The molecule has 0 radical (unpaired) electrons. The molecule has 1 aromatic rings. The van der Waals surface area contributed by atoms with Gasteiger partial charge in [0, 0.05) is 5.56 Å². The summed E-state index contributed by atoms with van der Waals surface area (Å²) in [5.74, 6) is -0.822. The van der Waals surface area contributed by atoms with Crippen LogP contribution in [0.15, 0.2) is 29.4 Å². The van der Waals surface area contributed by atoms with Crippen molar-refractivity contribution in [3.63, 3.8) is 0 Å². The van der Waals surface area contributed by atoms with E-state index in [9.17, 15) is 9.18 Å². The molecule has 13 heavy (non-hydrogen) atoms. The van der Waals surface area contributed by atoms with E-state index in [0.29, 0.717) is 5.56 Å². The molecule has 0 atom stereocenters. The molecule has 0 aliphatic heterocycles. The minimum absolute atomic E-state index is 0.0217. The van der Waals surface area contributed by atoms with Gasteiger partial charge in [0.25, 0.3) is 0 Å². The average molecular weight is 181 g/mol. The van der Waals surface area contributed by atoms with Gasteiger partial charge >= 0.3 is 0 Å². The van der Waals surface area contributed by atoms with Crippen LogP contribution in [-0.2, 0) is 0 Å². The fourth-order valence-corrected chi connectivity index (χ4v) is 0.856. The van der Waals surface area contributed by atoms with E-state index >= 15 is 0 Å². The molecule has 0 saturated carbocycles. The lowest BCUT2D eigenvalue weighted by Crippen LogP contribution is -2.10. The van der Waals surface area contributed by atoms with Gasteiger partial charge in [-0.05, 0) is 31.2 Å². The van der Waals surface area contributed by atoms with Crippen molar-refractivity contribution in [2.24, 2.45) is 5.16 Å². The van der Waals surface area contributed by atoms with Gasteiger partial charge in [0.1, 0.15) is 11.5 Å². The van der Waals surface area contributed by atoms with Crippen molar-refractivity contribution in [1.82, 2.24) is 0 Å². The Balaban J connectivity index is 2.97. The summed E-state index contributed by atoms with van der Waals surface area (Å²) in [5.41, 5.74) is 0.281. The maximum absolute atomic E-state index is 12.4. The van der Waals surface area contributed by atoms with Crippen molar-refractivity contribution in [3.05, 3.63) is 35.6 Å². The molecular formula is C9H8FNO2. The van der Waals surface area contributed by atoms with E-state index in [1.54, 1.807) is 0 Å². The lowest BCUT2D eigenvalue weighted by atomic mass is 10.1. The molecule has 3 nitrogen and oxygen atoms in total. The van der Waals surface area contributed by atoms with Crippen LogP contribution < -0.4 is 0 Å². The number of halogens is 1.